The summed E-state index contributed by atoms with van der Waals surface area (Å²) in [5.41, 5.74) is 6.72. The lowest BCUT2D eigenvalue weighted by molar-refractivity contribution is -0.133. The van der Waals surface area contributed by atoms with E-state index in [2.05, 4.69) is 43.6 Å². The maximum Gasteiger partial charge on any atom is 0.260 e. The number of nitrogens with one attached hydrogen (secondary N) is 1. The molecule has 1 aliphatic carbocycles. The Hall–Kier alpha value is -5.06. The van der Waals surface area contributed by atoms with Crippen molar-refractivity contribution >= 4 is 44.3 Å². The molecule has 43 heavy (non-hydrogen) atoms. The van der Waals surface area contributed by atoms with Gasteiger partial charge in [0.2, 0.25) is 0 Å². The van der Waals surface area contributed by atoms with Gasteiger partial charge in [-0.2, -0.15) is 5.10 Å². The number of hydrogen-bond acceptors (Lipinski definition) is 7. The number of piperazine rings is 1. The number of nitrogens with zero attached hydrogens (tertiary/aromatic N) is 7. The number of anilines is 1. The van der Waals surface area contributed by atoms with E-state index in [0.717, 1.165) is 69.1 Å². The largest absolute Gasteiger partial charge is 0.494 e. The molecule has 0 bridgehead atoms. The Morgan fingerprint density at radius 1 is 1.09 bits per heavy atom. The molecule has 218 valence electrons. The van der Waals surface area contributed by atoms with Gasteiger partial charge in [-0.25, -0.2) is 4.98 Å². The summed E-state index contributed by atoms with van der Waals surface area (Å²) in [7, 11) is 1.94. The van der Waals surface area contributed by atoms with Crippen LogP contribution in [0.1, 0.15) is 18.2 Å². The predicted octanol–water partition coefficient (Wildman–Crippen LogP) is 4.02. The lowest BCUT2D eigenvalue weighted by Gasteiger charge is -2.35. The number of H-pyrrole nitrogens is 1. The number of carbonyl (C=O) groups is 1. The van der Waals surface area contributed by atoms with Gasteiger partial charge in [0.1, 0.15) is 11.6 Å². The zero-order chi connectivity index (χ0) is 29.2. The molecule has 1 saturated heterocycles. The normalized spacial score (nSPS) is 14.9. The molecule has 5 heterocycles. The van der Waals surface area contributed by atoms with E-state index < -0.39 is 0 Å². The molecule has 4 aromatic heterocycles. The Balaban J connectivity index is 1.13. The Morgan fingerprint density at radius 2 is 1.95 bits per heavy atom. The van der Waals surface area contributed by atoms with Crippen LogP contribution in [-0.2, 0) is 31.2 Å². The van der Waals surface area contributed by atoms with E-state index in [0.29, 0.717) is 31.9 Å². The van der Waals surface area contributed by atoms with Gasteiger partial charge in [-0.05, 0) is 43.5 Å². The van der Waals surface area contributed by atoms with Gasteiger partial charge in [-0.1, -0.05) is 0 Å². The molecule has 0 unspecified atom stereocenters. The number of rotatable bonds is 5. The summed E-state index contributed by atoms with van der Waals surface area (Å²) in [6, 6.07) is 6.07. The standard InChI is InChI=1S/C32H32N8O3/c1-3-40-25-7-4-19(43-18-27(41)39-12-10-38(11-13-39)26-16-33-8-9-34-26)14-21(25)29-22-15-35-32(42)30(22)28-20(31(29)40)5-6-24-23(28)17-37(2)36-24/h4,7-9,14-17,35,42H,3,5-6,10-13,18H2,1-2H3. The second-order valence-corrected chi connectivity index (χ2v) is 11.3. The van der Waals surface area contributed by atoms with Crippen molar-refractivity contribution in [2.24, 2.45) is 7.05 Å². The number of aryl methyl sites for hydroxylation is 4. The molecular formula is C32H32N8O3. The van der Waals surface area contributed by atoms with Crippen LogP contribution < -0.4 is 9.64 Å². The number of aromatic nitrogens is 6. The Kier molecular flexibility index (Phi) is 5.82. The zero-order valence-corrected chi connectivity index (χ0v) is 24.2. The molecule has 0 spiro atoms. The van der Waals surface area contributed by atoms with Gasteiger partial charge in [-0.3, -0.25) is 14.5 Å². The zero-order valence-electron chi connectivity index (χ0n) is 24.2. The Bertz CT molecular complexity index is 2030. The maximum atomic E-state index is 13.1. The van der Waals surface area contributed by atoms with Crippen LogP contribution in [0.4, 0.5) is 5.82 Å². The number of ether oxygens (including phenoxy) is 1. The molecule has 6 aromatic rings. The van der Waals surface area contributed by atoms with E-state index >= 15 is 0 Å². The molecule has 1 amide bonds. The van der Waals surface area contributed by atoms with E-state index in [1.54, 1.807) is 18.6 Å². The molecule has 0 radical (unpaired) electrons. The average Bonchev–Trinajstić information content (AvgIpc) is 3.72. The molecule has 0 atom stereocenters. The van der Waals surface area contributed by atoms with Gasteiger partial charge in [0.25, 0.3) is 5.91 Å². The highest BCUT2D eigenvalue weighted by Gasteiger charge is 2.30. The Labute approximate surface area is 247 Å². The van der Waals surface area contributed by atoms with E-state index in [4.69, 9.17) is 9.84 Å². The highest BCUT2D eigenvalue weighted by atomic mass is 16.5. The third kappa shape index (κ3) is 3.94. The molecule has 8 rings (SSSR count). The van der Waals surface area contributed by atoms with Crippen molar-refractivity contribution in [2.45, 2.75) is 26.3 Å². The van der Waals surface area contributed by atoms with Crippen LogP contribution in [0.15, 0.2) is 49.2 Å². The molecule has 2 N–H and O–H groups in total. The number of fused-ring (bicyclic) bond motifs is 10. The van der Waals surface area contributed by atoms with Crippen molar-refractivity contribution in [3.05, 3.63) is 60.4 Å². The number of aromatic amines is 1. The first-order valence-corrected chi connectivity index (χ1v) is 14.8. The van der Waals surface area contributed by atoms with Crippen molar-refractivity contribution in [3.8, 4) is 22.8 Å². The van der Waals surface area contributed by atoms with Gasteiger partial charge in [-0.15, -0.1) is 0 Å². The van der Waals surface area contributed by atoms with E-state index in [1.807, 2.05) is 35.0 Å². The quantitative estimate of drug-likeness (QED) is 0.318. The SMILES string of the molecule is CCn1c2ccc(OCC(=O)N3CCN(c4cnccn4)CC3)cc2c2c3c[nH]c(O)c3c3c(c21)CCc1nn(C)cc1-3. The predicted molar refractivity (Wildman–Crippen MR) is 165 cm³/mol. The monoisotopic (exact) mass is 576 g/mol. The van der Waals surface area contributed by atoms with Crippen molar-refractivity contribution in [1.29, 1.82) is 0 Å². The fourth-order valence-corrected chi connectivity index (χ4v) is 7.06. The molecule has 1 fully saturated rings. The van der Waals surface area contributed by atoms with Crippen molar-refractivity contribution in [1.82, 2.24) is 34.2 Å². The first kappa shape index (κ1) is 25.6. The Morgan fingerprint density at radius 3 is 2.74 bits per heavy atom. The summed E-state index contributed by atoms with van der Waals surface area (Å²) in [4.78, 5) is 28.7. The minimum atomic E-state index is -0.0332. The molecule has 11 heteroatoms. The summed E-state index contributed by atoms with van der Waals surface area (Å²) in [6.07, 6.45) is 10.7. The highest BCUT2D eigenvalue weighted by molar-refractivity contribution is 6.26. The number of hydrogen-bond donors (Lipinski definition) is 2. The second kappa shape index (κ2) is 9.75. The first-order valence-electron chi connectivity index (χ1n) is 14.8. The summed E-state index contributed by atoms with van der Waals surface area (Å²) in [6.45, 7) is 5.57. The highest BCUT2D eigenvalue weighted by Crippen LogP contribution is 2.49. The van der Waals surface area contributed by atoms with Crippen LogP contribution in [0.2, 0.25) is 0 Å². The van der Waals surface area contributed by atoms with Crippen LogP contribution in [0.25, 0.3) is 43.7 Å². The van der Waals surface area contributed by atoms with Crippen molar-refractivity contribution in [3.63, 3.8) is 0 Å². The second-order valence-electron chi connectivity index (χ2n) is 11.3. The molecule has 0 saturated carbocycles. The van der Waals surface area contributed by atoms with Gasteiger partial charge in [0, 0.05) is 97.4 Å². The fraction of sp³-hybridized carbons (Fsp3) is 0.312. The molecule has 2 aliphatic rings. The lowest BCUT2D eigenvalue weighted by atomic mass is 9.85. The number of aromatic hydroxyl groups is 1. The smallest absolute Gasteiger partial charge is 0.260 e. The van der Waals surface area contributed by atoms with Gasteiger partial charge in [0.05, 0.1) is 22.8 Å². The summed E-state index contributed by atoms with van der Waals surface area (Å²) in [5.74, 6) is 1.61. The number of benzene rings is 2. The van der Waals surface area contributed by atoms with Crippen molar-refractivity contribution < 1.29 is 14.6 Å². The van der Waals surface area contributed by atoms with E-state index in [1.165, 1.54) is 11.1 Å². The number of amides is 1. The third-order valence-corrected chi connectivity index (χ3v) is 8.97. The maximum absolute atomic E-state index is 13.1. The topological polar surface area (TPSA) is 117 Å². The first-order chi connectivity index (χ1) is 21.0. The van der Waals surface area contributed by atoms with Crippen LogP contribution in [0, 0.1) is 0 Å². The minimum Gasteiger partial charge on any atom is -0.494 e. The van der Waals surface area contributed by atoms with Crippen LogP contribution >= 0.6 is 0 Å². The van der Waals surface area contributed by atoms with Gasteiger partial charge >= 0.3 is 0 Å². The van der Waals surface area contributed by atoms with E-state index in [-0.39, 0.29) is 18.4 Å². The molecular weight excluding hydrogens is 544 g/mol. The van der Waals surface area contributed by atoms with E-state index in [9.17, 15) is 9.90 Å². The minimum absolute atomic E-state index is 0.0252. The number of carbonyl (C=O) groups excluding carboxylic acids is 1. The summed E-state index contributed by atoms with van der Waals surface area (Å²) < 4.78 is 10.3. The van der Waals surface area contributed by atoms with Crippen molar-refractivity contribution in [2.75, 3.05) is 37.7 Å². The van der Waals surface area contributed by atoms with Crippen LogP contribution in [-0.4, -0.2) is 78.0 Å². The average molecular weight is 577 g/mol. The van der Waals surface area contributed by atoms with Gasteiger partial charge in [0.15, 0.2) is 12.5 Å². The summed E-state index contributed by atoms with van der Waals surface area (Å²) >= 11 is 0. The molecule has 11 nitrogen and oxygen atoms in total. The van der Waals surface area contributed by atoms with Crippen LogP contribution in [0.3, 0.4) is 0 Å². The fourth-order valence-electron chi connectivity index (χ4n) is 7.06. The van der Waals surface area contributed by atoms with Crippen LogP contribution in [0.5, 0.6) is 11.6 Å². The lowest BCUT2D eigenvalue weighted by Crippen LogP contribution is -2.50. The van der Waals surface area contributed by atoms with Gasteiger partial charge < -0.3 is 29.2 Å². The molecule has 1 aliphatic heterocycles. The molecule has 2 aromatic carbocycles. The summed E-state index contributed by atoms with van der Waals surface area (Å²) in [5, 5.41) is 19.7. The third-order valence-electron chi connectivity index (χ3n) is 8.97.